The molecule has 0 saturated heterocycles. The summed E-state index contributed by atoms with van der Waals surface area (Å²) in [5, 5.41) is 1.85. The largest absolute Gasteiger partial charge is 0.396 e. The van der Waals surface area contributed by atoms with E-state index in [1.165, 1.54) is 11.3 Å². The highest BCUT2D eigenvalue weighted by Gasteiger charge is 2.30. The second-order valence-electron chi connectivity index (χ2n) is 6.32. The monoisotopic (exact) mass is 360 g/mol. The van der Waals surface area contributed by atoms with Crippen LogP contribution in [0.1, 0.15) is 29.3 Å². The Hall–Kier alpha value is -2.45. The highest BCUT2D eigenvalue weighted by atomic mass is 32.1. The Morgan fingerprint density at radius 3 is 2.72 bits per heavy atom. The second-order valence-corrected chi connectivity index (χ2v) is 7.31. The SMILES string of the molecule is Cc1c(-c2csc(CN)c2)c(F)c(N)c2c(=O)[nH]c(=O)n(C3CC3)c12. The number of aryl methyl sites for hydroxylation is 1. The molecule has 1 aromatic carbocycles. The molecule has 25 heavy (non-hydrogen) atoms. The van der Waals surface area contributed by atoms with Crippen LogP contribution in [0.15, 0.2) is 21.0 Å². The zero-order valence-electron chi connectivity index (χ0n) is 13.6. The van der Waals surface area contributed by atoms with Gasteiger partial charge in [-0.2, -0.15) is 0 Å². The normalized spacial score (nSPS) is 14.4. The van der Waals surface area contributed by atoms with Crippen LogP contribution in [-0.2, 0) is 6.54 Å². The fourth-order valence-corrected chi connectivity index (χ4v) is 4.09. The van der Waals surface area contributed by atoms with Crippen molar-refractivity contribution in [3.05, 3.63) is 48.5 Å². The molecule has 1 saturated carbocycles. The Morgan fingerprint density at radius 2 is 2.12 bits per heavy atom. The first kappa shape index (κ1) is 16.0. The van der Waals surface area contributed by atoms with Crippen LogP contribution in [0, 0.1) is 12.7 Å². The van der Waals surface area contributed by atoms with Gasteiger partial charge in [0.2, 0.25) is 0 Å². The second kappa shape index (κ2) is 5.53. The summed E-state index contributed by atoms with van der Waals surface area (Å²) in [4.78, 5) is 27.8. The molecule has 8 heteroatoms. The first-order valence-electron chi connectivity index (χ1n) is 7.98. The Balaban J connectivity index is 2.17. The molecule has 2 aromatic heterocycles. The van der Waals surface area contributed by atoms with Crippen LogP contribution in [0.25, 0.3) is 22.0 Å². The summed E-state index contributed by atoms with van der Waals surface area (Å²) in [5.41, 5.74) is 12.2. The van der Waals surface area contributed by atoms with Gasteiger partial charge in [0.25, 0.3) is 5.56 Å². The summed E-state index contributed by atoms with van der Waals surface area (Å²) >= 11 is 1.43. The van der Waals surface area contributed by atoms with Crippen LogP contribution in [0.3, 0.4) is 0 Å². The summed E-state index contributed by atoms with van der Waals surface area (Å²) in [5.74, 6) is -0.641. The number of halogens is 1. The zero-order valence-corrected chi connectivity index (χ0v) is 14.4. The molecule has 0 unspecified atom stereocenters. The van der Waals surface area contributed by atoms with E-state index < -0.39 is 17.1 Å². The van der Waals surface area contributed by atoms with E-state index in [2.05, 4.69) is 4.98 Å². The maximum absolute atomic E-state index is 15.0. The van der Waals surface area contributed by atoms with Crippen molar-refractivity contribution in [3.63, 3.8) is 0 Å². The number of benzene rings is 1. The van der Waals surface area contributed by atoms with Gasteiger partial charge in [-0.05, 0) is 42.3 Å². The molecule has 0 spiro atoms. The molecule has 0 radical (unpaired) electrons. The van der Waals surface area contributed by atoms with E-state index in [9.17, 15) is 9.59 Å². The molecule has 1 fully saturated rings. The molecule has 6 nitrogen and oxygen atoms in total. The number of aromatic nitrogens is 2. The predicted molar refractivity (Wildman–Crippen MR) is 97.4 cm³/mol. The maximum atomic E-state index is 15.0. The molecular formula is C17H17FN4O2S. The fraction of sp³-hybridized carbons (Fsp3) is 0.294. The van der Waals surface area contributed by atoms with Gasteiger partial charge in [-0.15, -0.1) is 11.3 Å². The number of anilines is 1. The molecule has 3 aromatic rings. The molecule has 5 N–H and O–H groups in total. The van der Waals surface area contributed by atoms with Gasteiger partial charge in [0.15, 0.2) is 5.82 Å². The van der Waals surface area contributed by atoms with Crippen molar-refractivity contribution in [2.75, 3.05) is 5.73 Å². The smallest absolute Gasteiger partial charge is 0.329 e. The summed E-state index contributed by atoms with van der Waals surface area (Å²) in [7, 11) is 0. The van der Waals surface area contributed by atoms with Gasteiger partial charge in [-0.3, -0.25) is 14.3 Å². The van der Waals surface area contributed by atoms with Crippen molar-refractivity contribution in [3.8, 4) is 11.1 Å². The number of fused-ring (bicyclic) bond motifs is 1. The molecule has 0 bridgehead atoms. The summed E-state index contributed by atoms with van der Waals surface area (Å²) in [6.45, 7) is 2.08. The van der Waals surface area contributed by atoms with Crippen LogP contribution in [0.2, 0.25) is 0 Å². The van der Waals surface area contributed by atoms with E-state index in [4.69, 9.17) is 11.5 Å². The third-order valence-electron chi connectivity index (χ3n) is 4.66. The van der Waals surface area contributed by atoms with Gasteiger partial charge in [0.1, 0.15) is 0 Å². The van der Waals surface area contributed by atoms with Gasteiger partial charge in [0, 0.05) is 23.0 Å². The van der Waals surface area contributed by atoms with Gasteiger partial charge in [-0.25, -0.2) is 9.18 Å². The van der Waals surface area contributed by atoms with Gasteiger partial charge in [0.05, 0.1) is 16.6 Å². The van der Waals surface area contributed by atoms with Crippen LogP contribution < -0.4 is 22.7 Å². The summed E-state index contributed by atoms with van der Waals surface area (Å²) in [6.07, 6.45) is 1.70. The van der Waals surface area contributed by atoms with Crippen molar-refractivity contribution in [1.82, 2.24) is 9.55 Å². The standard InChI is InChI=1S/C17H17FN4O2S/c1-7-11(8-4-10(5-19)25-6-8)13(18)14(20)12-15(7)22(9-2-3-9)17(24)21-16(12)23/h4,6,9H,2-3,5,19-20H2,1H3,(H,21,23,24). The van der Waals surface area contributed by atoms with Crippen molar-refractivity contribution >= 4 is 27.9 Å². The highest BCUT2D eigenvalue weighted by molar-refractivity contribution is 7.10. The average Bonchev–Trinajstić information content (AvgIpc) is 3.29. The quantitative estimate of drug-likeness (QED) is 0.623. The number of aromatic amines is 1. The highest BCUT2D eigenvalue weighted by Crippen LogP contribution is 2.41. The van der Waals surface area contributed by atoms with Crippen LogP contribution >= 0.6 is 11.3 Å². The van der Waals surface area contributed by atoms with E-state index >= 15 is 4.39 Å². The first-order chi connectivity index (χ1) is 11.9. The Labute approximate surface area is 145 Å². The Kier molecular flexibility index (Phi) is 3.55. The third kappa shape index (κ3) is 2.32. The lowest BCUT2D eigenvalue weighted by Gasteiger charge is -2.16. The Morgan fingerprint density at radius 1 is 1.40 bits per heavy atom. The summed E-state index contributed by atoms with van der Waals surface area (Å²) in [6, 6.07) is 1.83. The lowest BCUT2D eigenvalue weighted by atomic mass is 9.97. The van der Waals surface area contributed by atoms with Gasteiger partial charge < -0.3 is 11.5 Å². The molecule has 2 heterocycles. The van der Waals surface area contributed by atoms with E-state index in [1.807, 2.05) is 11.4 Å². The van der Waals surface area contributed by atoms with Crippen molar-refractivity contribution in [1.29, 1.82) is 0 Å². The van der Waals surface area contributed by atoms with Crippen LogP contribution in [-0.4, -0.2) is 9.55 Å². The molecular weight excluding hydrogens is 343 g/mol. The lowest BCUT2D eigenvalue weighted by Crippen LogP contribution is -2.31. The number of H-pyrrole nitrogens is 1. The molecule has 130 valence electrons. The van der Waals surface area contributed by atoms with Crippen molar-refractivity contribution in [2.24, 2.45) is 5.73 Å². The third-order valence-corrected chi connectivity index (χ3v) is 5.61. The van der Waals surface area contributed by atoms with Crippen molar-refractivity contribution in [2.45, 2.75) is 32.4 Å². The number of rotatable bonds is 3. The minimum absolute atomic E-state index is 0.0188. The summed E-state index contributed by atoms with van der Waals surface area (Å²) < 4.78 is 16.6. The number of nitrogens with two attached hydrogens (primary N) is 2. The number of hydrogen-bond donors (Lipinski definition) is 3. The van der Waals surface area contributed by atoms with Gasteiger partial charge >= 0.3 is 5.69 Å². The molecule has 0 aliphatic heterocycles. The predicted octanol–water partition coefficient (Wildman–Crippen LogP) is 2.24. The zero-order chi connectivity index (χ0) is 17.9. The number of thiophene rings is 1. The molecule has 1 aliphatic rings. The maximum Gasteiger partial charge on any atom is 0.329 e. The minimum Gasteiger partial charge on any atom is -0.396 e. The van der Waals surface area contributed by atoms with Crippen LogP contribution in [0.5, 0.6) is 0 Å². The molecule has 1 aliphatic carbocycles. The number of nitrogens with one attached hydrogen (secondary N) is 1. The van der Waals surface area contributed by atoms with Crippen molar-refractivity contribution < 1.29 is 4.39 Å². The molecule has 0 atom stereocenters. The lowest BCUT2D eigenvalue weighted by molar-refractivity contribution is 0.634. The minimum atomic E-state index is -0.657. The van der Waals surface area contributed by atoms with Crippen LogP contribution in [0.4, 0.5) is 10.1 Å². The fourth-order valence-electron chi connectivity index (χ4n) is 3.34. The molecule has 4 rings (SSSR count). The van der Waals surface area contributed by atoms with E-state index in [0.717, 1.165) is 17.7 Å². The number of nitrogens with zero attached hydrogens (tertiary/aromatic N) is 1. The number of hydrogen-bond acceptors (Lipinski definition) is 5. The van der Waals surface area contributed by atoms with E-state index in [0.29, 0.717) is 28.8 Å². The number of nitrogen functional groups attached to an aromatic ring is 1. The molecule has 0 amide bonds. The first-order valence-corrected chi connectivity index (χ1v) is 8.86. The Bertz CT molecular complexity index is 1120. The average molecular weight is 360 g/mol. The van der Waals surface area contributed by atoms with E-state index in [1.54, 1.807) is 11.5 Å². The topological polar surface area (TPSA) is 107 Å². The van der Waals surface area contributed by atoms with E-state index in [-0.39, 0.29) is 17.1 Å². The van der Waals surface area contributed by atoms with Gasteiger partial charge in [-0.1, -0.05) is 0 Å².